The molecule has 0 atom stereocenters. The first-order chi connectivity index (χ1) is 15.5. The lowest BCUT2D eigenvalue weighted by atomic mass is 10.1. The molecule has 0 aliphatic carbocycles. The molecule has 162 valence electrons. The summed E-state index contributed by atoms with van der Waals surface area (Å²) in [5.41, 5.74) is 3.14. The largest absolute Gasteiger partial charge is 0.508 e. The van der Waals surface area contributed by atoms with Gasteiger partial charge < -0.3 is 10.2 Å². The van der Waals surface area contributed by atoms with Gasteiger partial charge in [0, 0.05) is 29.1 Å². The molecule has 7 heteroatoms. The minimum absolute atomic E-state index is 0.0362. The zero-order valence-electron chi connectivity index (χ0n) is 17.4. The van der Waals surface area contributed by atoms with E-state index >= 15 is 0 Å². The number of aromatic hydroxyl groups is 2. The minimum Gasteiger partial charge on any atom is -0.508 e. The summed E-state index contributed by atoms with van der Waals surface area (Å²) in [6.45, 7) is 2.30. The highest BCUT2D eigenvalue weighted by atomic mass is 32.1. The number of hydrogen-bond donors (Lipinski definition) is 2. The normalized spacial score (nSPS) is 12.3. The van der Waals surface area contributed by atoms with Crippen molar-refractivity contribution in [3.05, 3.63) is 99.9 Å². The van der Waals surface area contributed by atoms with Crippen molar-refractivity contribution < 1.29 is 14.6 Å². The maximum Gasteiger partial charge on any atom is 0.206 e. The van der Waals surface area contributed by atoms with Gasteiger partial charge in [-0.15, -0.1) is 11.3 Å². The Morgan fingerprint density at radius 3 is 2.50 bits per heavy atom. The van der Waals surface area contributed by atoms with E-state index in [-0.39, 0.29) is 17.3 Å². The molecule has 0 aliphatic rings. The number of phenolic OH excluding ortho intramolecular Hbond substituents is 2. The van der Waals surface area contributed by atoms with Crippen molar-refractivity contribution >= 4 is 17.0 Å². The fourth-order valence-corrected chi connectivity index (χ4v) is 4.16. The van der Waals surface area contributed by atoms with Crippen LogP contribution in [-0.4, -0.2) is 27.1 Å². The average Bonchev–Trinajstić information content (AvgIpc) is 3.17. The second kappa shape index (κ2) is 9.62. The number of rotatable bonds is 6. The first-order valence-electron chi connectivity index (χ1n) is 10.1. The molecular formula is C25H22FN3O2S. The molecule has 0 bridgehead atoms. The molecule has 0 fully saturated rings. The molecule has 0 spiro atoms. The second-order valence-electron chi connectivity index (χ2n) is 7.20. The van der Waals surface area contributed by atoms with Crippen LogP contribution in [0.15, 0.2) is 88.3 Å². The van der Waals surface area contributed by atoms with Gasteiger partial charge in [0.25, 0.3) is 0 Å². The van der Waals surface area contributed by atoms with Crippen molar-refractivity contribution in [2.24, 2.45) is 10.1 Å². The predicted octanol–water partition coefficient (Wildman–Crippen LogP) is 5.18. The van der Waals surface area contributed by atoms with Gasteiger partial charge in [-0.3, -0.25) is 4.99 Å². The quantitative estimate of drug-likeness (QED) is 0.400. The van der Waals surface area contributed by atoms with Gasteiger partial charge in [0.05, 0.1) is 11.4 Å². The molecule has 0 saturated heterocycles. The Morgan fingerprint density at radius 1 is 1.00 bits per heavy atom. The molecule has 0 aliphatic heterocycles. The van der Waals surface area contributed by atoms with E-state index in [4.69, 9.17) is 4.99 Å². The molecule has 0 saturated carbocycles. The van der Waals surface area contributed by atoms with E-state index < -0.39 is 0 Å². The lowest BCUT2D eigenvalue weighted by Gasteiger charge is -2.08. The Balaban J connectivity index is 1.77. The highest BCUT2D eigenvalue weighted by Crippen LogP contribution is 2.26. The molecule has 3 aromatic carbocycles. The van der Waals surface area contributed by atoms with Gasteiger partial charge in [0.1, 0.15) is 17.3 Å². The van der Waals surface area contributed by atoms with E-state index in [2.05, 4.69) is 17.2 Å². The van der Waals surface area contributed by atoms with Gasteiger partial charge in [0.15, 0.2) is 0 Å². The number of thiazole rings is 1. The summed E-state index contributed by atoms with van der Waals surface area (Å²) in [6, 6.07) is 20.9. The Hall–Kier alpha value is -3.71. The van der Waals surface area contributed by atoms with Gasteiger partial charge in [-0.1, -0.05) is 42.5 Å². The standard InChI is InChI=1S/C25H22FN3O2S/c1-17(20-12-11-19(30)15-24(20)31)28-29-23(21-9-5-6-10-22(21)26)16-32-25(29)27-14-13-18-7-3-2-4-8-18/h2-12,15-16,30-31H,13-14H2,1H3. The number of phenols is 2. The Kier molecular flexibility index (Phi) is 6.47. The van der Waals surface area contributed by atoms with Crippen LogP contribution in [-0.2, 0) is 6.42 Å². The average molecular weight is 448 g/mol. The molecule has 0 unspecified atom stereocenters. The third-order valence-electron chi connectivity index (χ3n) is 4.95. The third kappa shape index (κ3) is 4.78. The summed E-state index contributed by atoms with van der Waals surface area (Å²) < 4.78 is 16.2. The van der Waals surface area contributed by atoms with Crippen molar-refractivity contribution in [3.63, 3.8) is 0 Å². The fraction of sp³-hybridized carbons (Fsp3) is 0.120. The number of nitrogens with zero attached hydrogens (tertiary/aromatic N) is 3. The Labute approximate surface area is 189 Å². The lowest BCUT2D eigenvalue weighted by Crippen LogP contribution is -2.15. The van der Waals surface area contributed by atoms with Crippen LogP contribution in [0.25, 0.3) is 11.3 Å². The van der Waals surface area contributed by atoms with Crippen LogP contribution in [0, 0.1) is 5.82 Å². The van der Waals surface area contributed by atoms with Crippen LogP contribution in [0.4, 0.5) is 4.39 Å². The summed E-state index contributed by atoms with van der Waals surface area (Å²) in [4.78, 5) is 5.33. The fourth-order valence-electron chi connectivity index (χ4n) is 3.31. The lowest BCUT2D eigenvalue weighted by molar-refractivity contribution is 0.450. The van der Waals surface area contributed by atoms with E-state index in [0.29, 0.717) is 33.9 Å². The first-order valence-corrected chi connectivity index (χ1v) is 11.0. The molecule has 2 N–H and O–H groups in total. The zero-order chi connectivity index (χ0) is 22.5. The van der Waals surface area contributed by atoms with Crippen molar-refractivity contribution in [1.29, 1.82) is 0 Å². The molecule has 1 heterocycles. The maximum absolute atomic E-state index is 14.6. The molecule has 1 aromatic heterocycles. The predicted molar refractivity (Wildman–Crippen MR) is 126 cm³/mol. The smallest absolute Gasteiger partial charge is 0.206 e. The van der Waals surface area contributed by atoms with E-state index in [9.17, 15) is 14.6 Å². The Morgan fingerprint density at radius 2 is 1.75 bits per heavy atom. The van der Waals surface area contributed by atoms with Crippen molar-refractivity contribution in [2.75, 3.05) is 6.54 Å². The van der Waals surface area contributed by atoms with Crippen LogP contribution < -0.4 is 4.80 Å². The van der Waals surface area contributed by atoms with E-state index in [1.807, 2.05) is 23.6 Å². The summed E-state index contributed by atoms with van der Waals surface area (Å²) in [6.07, 6.45) is 0.773. The molecule has 0 radical (unpaired) electrons. The molecule has 4 aromatic rings. The topological polar surface area (TPSA) is 70.1 Å². The Bertz CT molecular complexity index is 1330. The number of aromatic nitrogens is 1. The first kappa shape index (κ1) is 21.5. The van der Waals surface area contributed by atoms with Crippen molar-refractivity contribution in [2.45, 2.75) is 13.3 Å². The van der Waals surface area contributed by atoms with Gasteiger partial charge in [-0.25, -0.2) is 9.07 Å². The second-order valence-corrected chi connectivity index (χ2v) is 8.04. The van der Waals surface area contributed by atoms with E-state index in [0.717, 1.165) is 6.42 Å². The highest BCUT2D eigenvalue weighted by Gasteiger charge is 2.13. The molecule has 32 heavy (non-hydrogen) atoms. The van der Waals surface area contributed by atoms with Crippen LogP contribution in [0.5, 0.6) is 11.5 Å². The molecular weight excluding hydrogens is 425 g/mol. The van der Waals surface area contributed by atoms with Crippen molar-refractivity contribution in [1.82, 2.24) is 4.68 Å². The summed E-state index contributed by atoms with van der Waals surface area (Å²) in [5.74, 6) is -0.474. The van der Waals surface area contributed by atoms with E-state index in [1.54, 1.807) is 35.9 Å². The van der Waals surface area contributed by atoms with Gasteiger partial charge in [-0.2, -0.15) is 5.10 Å². The minimum atomic E-state index is -0.352. The SMILES string of the molecule is CC(=Nn1c(-c2ccccc2F)csc1=NCCc1ccccc1)c1ccc(O)cc1O. The van der Waals surface area contributed by atoms with Crippen LogP contribution >= 0.6 is 11.3 Å². The number of halogens is 1. The number of benzene rings is 3. The van der Waals surface area contributed by atoms with Crippen LogP contribution in [0.1, 0.15) is 18.1 Å². The molecule has 0 amide bonds. The van der Waals surface area contributed by atoms with E-state index in [1.165, 1.54) is 35.1 Å². The third-order valence-corrected chi connectivity index (χ3v) is 5.80. The zero-order valence-corrected chi connectivity index (χ0v) is 18.3. The number of hydrogen-bond acceptors (Lipinski definition) is 5. The van der Waals surface area contributed by atoms with Crippen molar-refractivity contribution in [3.8, 4) is 22.8 Å². The maximum atomic E-state index is 14.6. The molecule has 4 rings (SSSR count). The summed E-state index contributed by atoms with van der Waals surface area (Å²) in [7, 11) is 0. The van der Waals surface area contributed by atoms with Crippen LogP contribution in [0.2, 0.25) is 0 Å². The van der Waals surface area contributed by atoms with Gasteiger partial charge in [0.2, 0.25) is 4.80 Å². The summed E-state index contributed by atoms with van der Waals surface area (Å²) >= 11 is 1.38. The summed E-state index contributed by atoms with van der Waals surface area (Å²) in [5, 5.41) is 26.3. The van der Waals surface area contributed by atoms with Gasteiger partial charge >= 0.3 is 0 Å². The molecule has 5 nitrogen and oxygen atoms in total. The van der Waals surface area contributed by atoms with Crippen LogP contribution in [0.3, 0.4) is 0 Å². The monoisotopic (exact) mass is 447 g/mol. The van der Waals surface area contributed by atoms with Gasteiger partial charge in [-0.05, 0) is 43.2 Å². The highest BCUT2D eigenvalue weighted by molar-refractivity contribution is 7.07.